The molecule has 0 saturated heterocycles. The predicted molar refractivity (Wildman–Crippen MR) is 398 cm³/mol. The molecule has 0 aliphatic heterocycles. The van der Waals surface area contributed by atoms with Crippen LogP contribution < -0.4 is 11.1 Å². The zero-order chi connectivity index (χ0) is 68.0. The van der Waals surface area contributed by atoms with Gasteiger partial charge in [0.15, 0.2) is 8.11 Å². The molecule has 86 heavy (non-hydrogen) atoms. The van der Waals surface area contributed by atoms with Crippen LogP contribution in [0.1, 0.15) is 183 Å². The van der Waals surface area contributed by atoms with Gasteiger partial charge in [-0.15, -0.1) is 0 Å². The molecule has 0 spiro atoms. The molecule has 8 nitrogen and oxygen atoms in total. The molecule has 1 amide bonds. The lowest BCUT2D eigenvalue weighted by atomic mass is 10.1. The summed E-state index contributed by atoms with van der Waals surface area (Å²) in [7, 11) is -10.8. The second-order valence-electron chi connectivity index (χ2n) is 36.9. The maximum absolute atomic E-state index is 13.9. The third-order valence-corrected chi connectivity index (χ3v) is 57.0. The molecule has 0 bridgehead atoms. The number of alkyl carbamates (subject to hydrolysis) is 1. The van der Waals surface area contributed by atoms with E-state index in [4.69, 9.17) is 30.4 Å². The van der Waals surface area contributed by atoms with Crippen LogP contribution in [0, 0.1) is 0 Å². The third kappa shape index (κ3) is 29.7. The summed E-state index contributed by atoms with van der Waals surface area (Å²) in [5.41, 5.74) is 12.8. The Kier molecular flexibility index (Phi) is 31.4. The van der Waals surface area contributed by atoms with Crippen molar-refractivity contribution in [3.63, 3.8) is 0 Å². The number of nitrogens with two attached hydrogens (primary N) is 1. The molecule has 3 aromatic rings. The first kappa shape index (κ1) is 83.6. The minimum Gasteiger partial charge on any atom is -0.517 e. The van der Waals surface area contributed by atoms with Gasteiger partial charge >= 0.3 is 18.0 Å². The van der Waals surface area contributed by atoms with Crippen LogP contribution in [-0.2, 0) is 42.6 Å². The van der Waals surface area contributed by atoms with E-state index < -0.39 is 75.9 Å². The van der Waals surface area contributed by atoms with Gasteiger partial charge in [0.2, 0.25) is 0 Å². The van der Waals surface area contributed by atoms with Crippen LogP contribution in [0.15, 0.2) is 91.0 Å². The van der Waals surface area contributed by atoms with Gasteiger partial charge in [-0.2, -0.15) is 11.1 Å². The summed E-state index contributed by atoms with van der Waals surface area (Å²) < 4.78 is 18.6. The Labute approximate surface area is 543 Å². The first-order valence-corrected chi connectivity index (χ1v) is 52.3. The first-order chi connectivity index (χ1) is 38.1. The smallest absolute Gasteiger partial charge is 0.408 e. The number of nitrogens with one attached hydrogen (secondary N) is 1. The average Bonchev–Trinajstić information content (AvgIpc) is 0.829. The fourth-order valence-electron chi connectivity index (χ4n) is 12.7. The number of benzene rings is 3. The van der Waals surface area contributed by atoms with Crippen molar-refractivity contribution in [2.75, 3.05) is 0 Å². The maximum Gasteiger partial charge on any atom is 0.408 e. The van der Waals surface area contributed by atoms with E-state index in [1.807, 2.05) is 91.0 Å². The summed E-state index contributed by atoms with van der Waals surface area (Å²) >= 11 is 6.37. The number of halogens is 1. The molecule has 0 aliphatic carbocycles. The quantitative estimate of drug-likeness (QED) is 0.102. The van der Waals surface area contributed by atoms with Gasteiger partial charge in [-0.3, -0.25) is 9.59 Å². The summed E-state index contributed by atoms with van der Waals surface area (Å²) in [6.45, 7) is 76.6. The highest BCUT2D eigenvalue weighted by atomic mass is 35.6. The summed E-state index contributed by atoms with van der Waals surface area (Å²) in [6.07, 6.45) is 0.234. The summed E-state index contributed by atoms with van der Waals surface area (Å²) in [5, 5.41) is 4.23. The van der Waals surface area contributed by atoms with Gasteiger partial charge in [0.05, 0.1) is 0 Å². The second kappa shape index (κ2) is 32.3. The molecule has 0 aliphatic rings. The van der Waals surface area contributed by atoms with E-state index in [1.54, 1.807) is 5.67 Å². The van der Waals surface area contributed by atoms with Crippen LogP contribution in [0.25, 0.3) is 0 Å². The zero-order valence-electron chi connectivity index (χ0n) is 61.6. The van der Waals surface area contributed by atoms with Crippen LogP contribution >= 0.6 is 11.1 Å². The van der Waals surface area contributed by atoms with Gasteiger partial charge < -0.3 is 24.6 Å². The van der Waals surface area contributed by atoms with E-state index in [0.717, 1.165) is 28.0 Å². The SMILES string of the molecule is CC(C)(C)[SiH](C[Si](C)(C)C)C(C)(C)C.CC(C)(C)[SiH](Cl)C(C)(C)C.CC(C)(C)[Si](C[Si](C)(C)C)(OC(=O)[C@@H](N)Cc1ccccc1)C(C)(C)C.CC(C)(C)[Si](C[Si](C)(C)C)(OC(=O)[C@H](Cc1ccccc1)NC(=O)OCc1ccccc1)C(C)(C)C. The monoisotopic (exact) mass is 1330 g/mol. The van der Waals surface area contributed by atoms with Crippen LogP contribution in [0.5, 0.6) is 0 Å². The number of ether oxygens (including phenoxy) is 1. The highest BCUT2D eigenvalue weighted by molar-refractivity contribution is 7.10. The summed E-state index contributed by atoms with van der Waals surface area (Å²) in [5.74, 6) is -0.603. The molecule has 0 radical (unpaired) electrons. The Hall–Kier alpha value is -2.36. The first-order valence-electron chi connectivity index (χ1n) is 32.0. The number of rotatable bonds is 17. The number of amides is 1. The molecule has 0 aromatic heterocycles. The van der Waals surface area contributed by atoms with Crippen molar-refractivity contribution in [3.05, 3.63) is 108 Å². The van der Waals surface area contributed by atoms with Crippen LogP contribution in [0.3, 0.4) is 0 Å². The Morgan fingerprint density at radius 1 is 0.453 bits per heavy atom. The van der Waals surface area contributed by atoms with Crippen LogP contribution in [0.2, 0.25) is 116 Å². The number of carbonyl (C=O) groups excluding carboxylic acids is 3. The molecule has 3 aromatic carbocycles. The molecule has 3 N–H and O–H groups in total. The van der Waals surface area contributed by atoms with E-state index in [1.165, 1.54) is 0 Å². The Bertz CT molecular complexity index is 2420. The molecule has 3 rings (SSSR count). The molecule has 0 unspecified atom stereocenters. The molecule has 0 fully saturated rings. The van der Waals surface area contributed by atoms with Gasteiger partial charge in [-0.05, 0) is 74.8 Å². The lowest BCUT2D eigenvalue weighted by molar-refractivity contribution is -0.138. The second-order valence-corrected chi connectivity index (χ2v) is 76.5. The van der Waals surface area contributed by atoms with Crippen molar-refractivity contribution >= 4 is 86.9 Å². The Balaban J connectivity index is 0.00000125. The van der Waals surface area contributed by atoms with Crippen LogP contribution in [-0.4, -0.2) is 87.9 Å². The normalized spacial score (nSPS) is 14.3. The molecular weight excluding hydrogens is 1200 g/mol. The maximum atomic E-state index is 13.9. The number of hydrogen-bond donors (Lipinski definition) is 2. The van der Waals surface area contributed by atoms with Gasteiger partial charge in [0.1, 0.15) is 18.7 Å². The molecular formula is C70H133ClN2O6Si7. The van der Waals surface area contributed by atoms with Crippen molar-refractivity contribution in [3.8, 4) is 0 Å². The van der Waals surface area contributed by atoms with E-state index in [0.29, 0.717) is 33.0 Å². The summed E-state index contributed by atoms with van der Waals surface area (Å²) in [4.78, 5) is 39.7. The van der Waals surface area contributed by atoms with E-state index >= 15 is 0 Å². The highest BCUT2D eigenvalue weighted by Crippen LogP contribution is 2.57. The minimum absolute atomic E-state index is 0.0480. The molecule has 16 heteroatoms. The highest BCUT2D eigenvalue weighted by Gasteiger charge is 2.61. The van der Waals surface area contributed by atoms with E-state index in [9.17, 15) is 14.4 Å². The molecule has 494 valence electrons. The van der Waals surface area contributed by atoms with Gasteiger partial charge in [0, 0.05) is 39.4 Å². The third-order valence-electron chi connectivity index (χ3n) is 16.1. The van der Waals surface area contributed by atoms with Gasteiger partial charge in [-0.1, -0.05) is 322 Å². The lowest BCUT2D eigenvalue weighted by Gasteiger charge is -2.52. The Morgan fingerprint density at radius 2 is 0.756 bits per heavy atom. The van der Waals surface area contributed by atoms with Crippen LogP contribution in [0.4, 0.5) is 4.79 Å². The zero-order valence-corrected chi connectivity index (χ0v) is 69.7. The van der Waals surface area contributed by atoms with Crippen molar-refractivity contribution in [2.45, 2.75) is 314 Å². The molecule has 0 heterocycles. The van der Waals surface area contributed by atoms with E-state index in [2.05, 4.69) is 230 Å². The number of hydrogen-bond acceptors (Lipinski definition) is 7. The minimum atomic E-state index is -2.68. The van der Waals surface area contributed by atoms with Crippen molar-refractivity contribution < 1.29 is 28.0 Å². The summed E-state index contributed by atoms with van der Waals surface area (Å²) in [6, 6.07) is 27.7. The van der Waals surface area contributed by atoms with Crippen molar-refractivity contribution in [1.29, 1.82) is 0 Å². The molecule has 2 atom stereocenters. The Morgan fingerprint density at radius 3 is 1.01 bits per heavy atom. The van der Waals surface area contributed by atoms with Gasteiger partial charge in [-0.25, -0.2) is 4.79 Å². The van der Waals surface area contributed by atoms with E-state index in [-0.39, 0.29) is 38.7 Å². The fourth-order valence-corrected chi connectivity index (χ4v) is 55.4. The fraction of sp³-hybridized carbons (Fsp3) is 0.700. The largest absolute Gasteiger partial charge is 0.517 e. The van der Waals surface area contributed by atoms with Gasteiger partial charge in [0.25, 0.3) is 16.6 Å². The molecule has 0 saturated carbocycles. The average molecular weight is 1330 g/mol. The standard InChI is InChI=1S/C29H45NO4Si2.C21H39NO2Si2.C12H30Si2.C8H19ClSi/c1-28(2,3)36(29(4,5)6,22-35(7,8)9)34-26(31)25(20-23-16-12-10-13-17-23)30-27(32)33-21-24-18-14-11-15-19-24;1-20(2,3)26(21(4,5)6,16-25(7,8)9)24-19(23)18(22)15-17-13-11-10-12-14-17;1-11(2,3)13(12(4,5)6)10-14(7,8)9;1-7(2,3)10(9)8(4,5)6/h10-19,25H,20-22H2,1-9H3,(H,30,32);10-14,18H,15-16,22H2,1-9H3;13H,10H2,1-9H3;10H,1-6H3/t25-;18-;;/m00../s1. The topological polar surface area (TPSA) is 117 Å². The number of carbonyl (C=O) groups is 3. The predicted octanol–water partition coefficient (Wildman–Crippen LogP) is 21.3. The van der Waals surface area contributed by atoms with Crippen molar-refractivity contribution in [2.24, 2.45) is 5.73 Å². The van der Waals surface area contributed by atoms with Crippen molar-refractivity contribution in [1.82, 2.24) is 5.32 Å². The lowest BCUT2D eigenvalue weighted by Crippen LogP contribution is -2.61.